The molecule has 0 unspecified atom stereocenters. The molecule has 7 nitrogen and oxygen atoms in total. The lowest BCUT2D eigenvalue weighted by Gasteiger charge is -2.36. The van der Waals surface area contributed by atoms with Gasteiger partial charge in [-0.05, 0) is 31.9 Å². The summed E-state index contributed by atoms with van der Waals surface area (Å²) in [4.78, 5) is 26.0. The molecule has 1 aliphatic carbocycles. The van der Waals surface area contributed by atoms with Crippen LogP contribution in [0.3, 0.4) is 0 Å². The molecule has 2 heterocycles. The van der Waals surface area contributed by atoms with Crippen LogP contribution in [-0.4, -0.2) is 72.5 Å². The van der Waals surface area contributed by atoms with E-state index in [0.717, 1.165) is 70.3 Å². The van der Waals surface area contributed by atoms with E-state index in [1.807, 2.05) is 18.2 Å². The summed E-state index contributed by atoms with van der Waals surface area (Å²) in [6.45, 7) is 8.91. The number of guanidine groups is 1. The molecule has 0 spiro atoms. The maximum atomic E-state index is 12.5. The van der Waals surface area contributed by atoms with Gasteiger partial charge < -0.3 is 15.5 Å². The molecule has 1 aliphatic heterocycles. The third-order valence-corrected chi connectivity index (χ3v) is 5.58. The van der Waals surface area contributed by atoms with Crippen molar-refractivity contribution >= 4 is 35.8 Å². The zero-order valence-corrected chi connectivity index (χ0v) is 19.8. The van der Waals surface area contributed by atoms with Crippen molar-refractivity contribution in [1.29, 1.82) is 0 Å². The van der Waals surface area contributed by atoms with Gasteiger partial charge in [0.05, 0.1) is 12.2 Å². The number of rotatable bonds is 7. The van der Waals surface area contributed by atoms with Crippen molar-refractivity contribution in [2.45, 2.75) is 39.2 Å². The summed E-state index contributed by atoms with van der Waals surface area (Å²) in [5, 5.41) is 6.69. The number of piperazine rings is 1. The molecule has 2 N–H and O–H groups in total. The number of aliphatic imine (C=N–C) groups is 1. The van der Waals surface area contributed by atoms with Crippen molar-refractivity contribution in [2.24, 2.45) is 10.9 Å². The number of nitrogens with zero attached hydrogens (tertiary/aromatic N) is 4. The third-order valence-electron chi connectivity index (χ3n) is 5.58. The van der Waals surface area contributed by atoms with E-state index in [1.54, 1.807) is 6.20 Å². The Morgan fingerprint density at radius 1 is 1.17 bits per heavy atom. The fraction of sp³-hybridized carbons (Fsp3) is 0.667. The quantitative estimate of drug-likeness (QED) is 0.331. The topological polar surface area (TPSA) is 72.9 Å². The van der Waals surface area contributed by atoms with Crippen LogP contribution >= 0.6 is 24.0 Å². The number of nitrogens with one attached hydrogen (secondary N) is 2. The van der Waals surface area contributed by atoms with Crippen molar-refractivity contribution in [1.82, 2.24) is 25.4 Å². The van der Waals surface area contributed by atoms with Gasteiger partial charge in [0.1, 0.15) is 0 Å². The Morgan fingerprint density at radius 2 is 1.93 bits per heavy atom. The highest BCUT2D eigenvalue weighted by molar-refractivity contribution is 14.0. The van der Waals surface area contributed by atoms with Crippen LogP contribution in [0, 0.1) is 5.92 Å². The first-order chi connectivity index (χ1) is 13.8. The van der Waals surface area contributed by atoms with Gasteiger partial charge in [-0.1, -0.05) is 18.9 Å². The van der Waals surface area contributed by atoms with Crippen molar-refractivity contribution in [3.05, 3.63) is 30.1 Å². The predicted octanol–water partition coefficient (Wildman–Crippen LogP) is 2.09. The number of carbonyl (C=O) groups excluding carboxylic acids is 1. The minimum Gasteiger partial charge on any atom is -0.357 e. The maximum absolute atomic E-state index is 12.5. The van der Waals surface area contributed by atoms with Crippen molar-refractivity contribution in [3.63, 3.8) is 0 Å². The first kappa shape index (κ1) is 23.9. The molecular weight excluding hydrogens is 479 g/mol. The fourth-order valence-electron chi connectivity index (χ4n) is 3.95. The normalized spacial score (nSPS) is 18.4. The lowest BCUT2D eigenvalue weighted by molar-refractivity contribution is -0.137. The van der Waals surface area contributed by atoms with Crippen LogP contribution in [0.4, 0.5) is 0 Å². The minimum atomic E-state index is 0. The van der Waals surface area contributed by atoms with E-state index >= 15 is 0 Å². The number of pyridine rings is 1. The lowest BCUT2D eigenvalue weighted by atomic mass is 10.1. The summed E-state index contributed by atoms with van der Waals surface area (Å²) in [5.74, 6) is 1.51. The van der Waals surface area contributed by atoms with Gasteiger partial charge in [0.25, 0.3) is 0 Å². The monoisotopic (exact) mass is 514 g/mol. The number of hydrogen-bond acceptors (Lipinski definition) is 4. The van der Waals surface area contributed by atoms with Crippen molar-refractivity contribution in [3.8, 4) is 0 Å². The highest BCUT2D eigenvalue weighted by Gasteiger charge is 2.29. The van der Waals surface area contributed by atoms with E-state index in [-0.39, 0.29) is 24.0 Å². The van der Waals surface area contributed by atoms with Gasteiger partial charge in [-0.3, -0.25) is 14.7 Å². The van der Waals surface area contributed by atoms with E-state index in [2.05, 4.69) is 37.3 Å². The second kappa shape index (κ2) is 13.0. The summed E-state index contributed by atoms with van der Waals surface area (Å²) in [6, 6.07) is 5.88. The summed E-state index contributed by atoms with van der Waals surface area (Å²) in [6.07, 6.45) is 6.42. The molecule has 2 fully saturated rings. The fourth-order valence-corrected chi connectivity index (χ4v) is 3.95. The molecule has 0 radical (unpaired) electrons. The molecular formula is C21H35IN6O. The van der Waals surface area contributed by atoms with E-state index in [4.69, 9.17) is 0 Å². The van der Waals surface area contributed by atoms with Crippen LogP contribution in [-0.2, 0) is 11.3 Å². The number of halogens is 1. The molecule has 1 saturated carbocycles. The molecule has 3 rings (SSSR count). The number of aromatic nitrogens is 1. The van der Waals surface area contributed by atoms with Crippen molar-refractivity contribution in [2.75, 3.05) is 45.8 Å². The Morgan fingerprint density at radius 3 is 2.59 bits per heavy atom. The maximum Gasteiger partial charge on any atom is 0.225 e. The van der Waals surface area contributed by atoms with E-state index in [9.17, 15) is 4.79 Å². The first-order valence-corrected chi connectivity index (χ1v) is 10.7. The van der Waals surface area contributed by atoms with Crippen LogP contribution in [0.5, 0.6) is 0 Å². The van der Waals surface area contributed by atoms with Crippen LogP contribution in [0.2, 0.25) is 0 Å². The Labute approximate surface area is 191 Å². The molecule has 0 aromatic carbocycles. The second-order valence-corrected chi connectivity index (χ2v) is 7.59. The molecule has 1 aromatic rings. The van der Waals surface area contributed by atoms with Gasteiger partial charge in [0, 0.05) is 57.9 Å². The second-order valence-electron chi connectivity index (χ2n) is 7.59. The molecule has 162 valence electrons. The highest BCUT2D eigenvalue weighted by Crippen LogP contribution is 2.26. The average molecular weight is 514 g/mol. The first-order valence-electron chi connectivity index (χ1n) is 10.7. The standard InChI is InChI=1S/C21H34N6O.HI/c1-2-22-21(25-17-19-9-5-6-10-23-19)24-11-12-26-13-15-27(16-14-26)20(28)18-7-3-4-8-18;/h5-6,9-10,18H,2-4,7-8,11-17H2,1H3,(H2,22,24,25);1H. The lowest BCUT2D eigenvalue weighted by Crippen LogP contribution is -2.51. The number of carbonyl (C=O) groups is 1. The summed E-state index contributed by atoms with van der Waals surface area (Å²) < 4.78 is 0. The summed E-state index contributed by atoms with van der Waals surface area (Å²) in [7, 11) is 0. The minimum absolute atomic E-state index is 0. The number of amides is 1. The van der Waals surface area contributed by atoms with Gasteiger partial charge >= 0.3 is 0 Å². The highest BCUT2D eigenvalue weighted by atomic mass is 127. The zero-order chi connectivity index (χ0) is 19.6. The van der Waals surface area contributed by atoms with Gasteiger partial charge in [-0.15, -0.1) is 24.0 Å². The Bertz CT molecular complexity index is 627. The molecule has 1 amide bonds. The van der Waals surface area contributed by atoms with Gasteiger partial charge in [-0.25, -0.2) is 4.99 Å². The zero-order valence-electron chi connectivity index (χ0n) is 17.5. The Kier molecular flexibility index (Phi) is 10.7. The predicted molar refractivity (Wildman–Crippen MR) is 127 cm³/mol. The van der Waals surface area contributed by atoms with Crippen LogP contribution in [0.25, 0.3) is 0 Å². The molecule has 29 heavy (non-hydrogen) atoms. The average Bonchev–Trinajstić information content (AvgIpc) is 3.28. The van der Waals surface area contributed by atoms with Crippen LogP contribution in [0.15, 0.2) is 29.4 Å². The van der Waals surface area contributed by atoms with E-state index in [0.29, 0.717) is 18.4 Å². The van der Waals surface area contributed by atoms with E-state index in [1.165, 1.54) is 12.8 Å². The Balaban J connectivity index is 0.00000300. The van der Waals surface area contributed by atoms with Gasteiger partial charge in [0.15, 0.2) is 5.96 Å². The third kappa shape index (κ3) is 7.73. The summed E-state index contributed by atoms with van der Waals surface area (Å²) >= 11 is 0. The number of hydrogen-bond donors (Lipinski definition) is 2. The molecule has 1 saturated heterocycles. The largest absolute Gasteiger partial charge is 0.357 e. The van der Waals surface area contributed by atoms with E-state index < -0.39 is 0 Å². The van der Waals surface area contributed by atoms with Crippen molar-refractivity contribution < 1.29 is 4.79 Å². The summed E-state index contributed by atoms with van der Waals surface area (Å²) in [5.41, 5.74) is 0.961. The molecule has 2 aliphatic rings. The smallest absolute Gasteiger partial charge is 0.225 e. The Hall–Kier alpha value is -1.42. The van der Waals surface area contributed by atoms with Gasteiger partial charge in [0.2, 0.25) is 5.91 Å². The van der Waals surface area contributed by atoms with Crippen LogP contribution in [0.1, 0.15) is 38.3 Å². The van der Waals surface area contributed by atoms with Gasteiger partial charge in [-0.2, -0.15) is 0 Å². The SMILES string of the molecule is CCNC(=NCc1ccccn1)NCCN1CCN(C(=O)C2CCCC2)CC1.I. The molecule has 0 bridgehead atoms. The molecule has 1 aromatic heterocycles. The molecule has 0 atom stereocenters. The van der Waals surface area contributed by atoms with Crippen LogP contribution < -0.4 is 10.6 Å². The molecule has 8 heteroatoms.